The van der Waals surface area contributed by atoms with E-state index in [1.54, 1.807) is 25.4 Å². The van der Waals surface area contributed by atoms with Crippen molar-refractivity contribution in [3.05, 3.63) is 62.6 Å². The minimum Gasteiger partial charge on any atom is -0.444 e. The Morgan fingerprint density at radius 2 is 1.97 bits per heavy atom. The predicted molar refractivity (Wildman–Crippen MR) is 147 cm³/mol. The van der Waals surface area contributed by atoms with E-state index < -0.39 is 22.9 Å². The molecule has 1 saturated heterocycles. The van der Waals surface area contributed by atoms with E-state index >= 15 is 0 Å². The van der Waals surface area contributed by atoms with Crippen molar-refractivity contribution in [1.29, 1.82) is 0 Å². The molecule has 204 valence electrons. The number of hydrogen-bond donors (Lipinski definition) is 1. The quantitative estimate of drug-likeness (QED) is 0.494. The monoisotopic (exact) mass is 523 g/mol. The summed E-state index contributed by atoms with van der Waals surface area (Å²) in [5, 5.41) is 2.97. The third-order valence-electron chi connectivity index (χ3n) is 6.37. The molecule has 0 saturated carbocycles. The van der Waals surface area contributed by atoms with Gasteiger partial charge < -0.3 is 19.5 Å². The third-order valence-corrected chi connectivity index (χ3v) is 6.37. The van der Waals surface area contributed by atoms with Crippen LogP contribution < -0.4 is 21.5 Å². The van der Waals surface area contributed by atoms with Crippen molar-refractivity contribution < 1.29 is 9.53 Å². The first-order valence-electron chi connectivity index (χ1n) is 12.9. The number of hydrogen-bond acceptors (Lipinski definition) is 7. The maximum Gasteiger partial charge on any atom is 0.407 e. The average molecular weight is 524 g/mol. The number of pyridine rings is 1. The fraction of sp³-hybridized carbons (Fsp3) is 0.519. The molecule has 0 aromatic carbocycles. The molecule has 11 heteroatoms. The highest BCUT2D eigenvalue weighted by Crippen LogP contribution is 2.24. The van der Waals surface area contributed by atoms with Crippen LogP contribution in [0.1, 0.15) is 53.2 Å². The summed E-state index contributed by atoms with van der Waals surface area (Å²) in [6.07, 6.45) is 4.84. The number of alkyl carbamates (subject to hydrolysis) is 1. The third kappa shape index (κ3) is 5.98. The zero-order valence-electron chi connectivity index (χ0n) is 23.0. The molecular formula is C27H37N7O4. The molecule has 0 spiro atoms. The van der Waals surface area contributed by atoms with Crippen molar-refractivity contribution in [1.82, 2.24) is 29.0 Å². The van der Waals surface area contributed by atoms with Crippen LogP contribution in [0.25, 0.3) is 11.2 Å². The number of allylic oxidation sites excluding steroid dienone is 2. The number of imidazole rings is 1. The summed E-state index contributed by atoms with van der Waals surface area (Å²) >= 11 is 0. The van der Waals surface area contributed by atoms with Crippen LogP contribution in [0, 0.1) is 0 Å². The molecule has 11 nitrogen and oxygen atoms in total. The summed E-state index contributed by atoms with van der Waals surface area (Å²) in [5.74, 6) is 0.593. The number of nitrogens with zero attached hydrogens (tertiary/aromatic N) is 6. The van der Waals surface area contributed by atoms with Crippen LogP contribution >= 0.6 is 0 Å². The van der Waals surface area contributed by atoms with E-state index in [9.17, 15) is 14.4 Å². The minimum absolute atomic E-state index is 0.0665. The Hall–Kier alpha value is -3.89. The highest BCUT2D eigenvalue weighted by Gasteiger charge is 2.29. The molecule has 1 atom stereocenters. The van der Waals surface area contributed by atoms with Gasteiger partial charge in [-0.3, -0.25) is 18.9 Å². The van der Waals surface area contributed by atoms with Crippen LogP contribution in [0.15, 0.2) is 45.6 Å². The number of carbonyl (C=O) groups is 1. The summed E-state index contributed by atoms with van der Waals surface area (Å²) in [6, 6.07) is 5.26. The lowest BCUT2D eigenvalue weighted by Crippen LogP contribution is -2.49. The Morgan fingerprint density at radius 1 is 1.21 bits per heavy atom. The van der Waals surface area contributed by atoms with Crippen molar-refractivity contribution in [2.45, 2.75) is 72.2 Å². The van der Waals surface area contributed by atoms with Gasteiger partial charge in [-0.2, -0.15) is 4.98 Å². The number of nitrogens with one attached hydrogen (secondary N) is 1. The van der Waals surface area contributed by atoms with E-state index in [1.165, 1.54) is 9.13 Å². The van der Waals surface area contributed by atoms with Crippen molar-refractivity contribution in [3.8, 4) is 0 Å². The number of aryl methyl sites for hydroxylation is 1. The van der Waals surface area contributed by atoms with E-state index in [0.29, 0.717) is 42.4 Å². The van der Waals surface area contributed by atoms with E-state index in [1.807, 2.05) is 51.3 Å². The van der Waals surface area contributed by atoms with Gasteiger partial charge in [0.25, 0.3) is 5.56 Å². The number of piperidine rings is 1. The lowest BCUT2D eigenvalue weighted by atomic mass is 10.1. The summed E-state index contributed by atoms with van der Waals surface area (Å²) in [5.41, 5.74) is 0.962. The average Bonchev–Trinajstić information content (AvgIpc) is 3.23. The molecule has 1 fully saturated rings. The Morgan fingerprint density at radius 3 is 2.63 bits per heavy atom. The minimum atomic E-state index is -0.587. The summed E-state index contributed by atoms with van der Waals surface area (Å²) in [4.78, 5) is 50.5. The number of amides is 1. The predicted octanol–water partition coefficient (Wildman–Crippen LogP) is 2.80. The molecule has 3 aromatic heterocycles. The number of rotatable bonds is 6. The number of aromatic nitrogens is 5. The molecule has 1 aliphatic heterocycles. The van der Waals surface area contributed by atoms with Crippen molar-refractivity contribution in [2.24, 2.45) is 7.05 Å². The first kappa shape index (κ1) is 27.2. The molecular weight excluding hydrogens is 486 g/mol. The summed E-state index contributed by atoms with van der Waals surface area (Å²) in [6.45, 7) is 11.2. The SMILES string of the molecule is CC(C)=CCn1c(N2CCCC(NC(=O)OC(C)(C)C)C2)nc2c1c(=O)n(Cc1ccccn1)c(=O)n2C. The lowest BCUT2D eigenvalue weighted by Gasteiger charge is -2.34. The van der Waals surface area contributed by atoms with E-state index in [2.05, 4.69) is 15.2 Å². The van der Waals surface area contributed by atoms with E-state index in [-0.39, 0.29) is 12.6 Å². The van der Waals surface area contributed by atoms with Gasteiger partial charge >= 0.3 is 11.8 Å². The number of anilines is 1. The standard InChI is InChI=1S/C27H37N7O4/c1-18(2)12-15-33-21-22(31(6)26(37)34(23(21)35)17-19-10-7-8-13-28-19)30-24(33)32-14-9-11-20(16-32)29-25(36)38-27(3,4)5/h7-8,10,12-13,20H,9,11,14-17H2,1-6H3,(H,29,36). The first-order chi connectivity index (χ1) is 17.9. The second-order valence-corrected chi connectivity index (χ2v) is 11.0. The van der Waals surface area contributed by atoms with Crippen molar-refractivity contribution in [2.75, 3.05) is 18.0 Å². The molecule has 38 heavy (non-hydrogen) atoms. The lowest BCUT2D eigenvalue weighted by molar-refractivity contribution is 0.0499. The van der Waals surface area contributed by atoms with Gasteiger partial charge in [-0.1, -0.05) is 17.7 Å². The van der Waals surface area contributed by atoms with Gasteiger partial charge in [0.15, 0.2) is 11.2 Å². The number of carbonyl (C=O) groups excluding carboxylic acids is 1. The first-order valence-corrected chi connectivity index (χ1v) is 12.9. The van der Waals surface area contributed by atoms with Crippen LogP contribution in [0.5, 0.6) is 0 Å². The maximum absolute atomic E-state index is 13.8. The Bertz CT molecular complexity index is 1460. The van der Waals surface area contributed by atoms with Crippen LogP contribution in [0.2, 0.25) is 0 Å². The maximum atomic E-state index is 13.8. The number of ether oxygens (including phenoxy) is 1. The Balaban J connectivity index is 1.76. The van der Waals surface area contributed by atoms with E-state index in [0.717, 1.165) is 18.4 Å². The molecule has 1 unspecified atom stereocenters. The molecule has 3 aromatic rings. The summed E-state index contributed by atoms with van der Waals surface area (Å²) in [7, 11) is 1.63. The summed E-state index contributed by atoms with van der Waals surface area (Å²) < 4.78 is 9.94. The fourth-order valence-electron chi connectivity index (χ4n) is 4.59. The molecule has 0 radical (unpaired) electrons. The van der Waals surface area contributed by atoms with Crippen LogP contribution in [-0.4, -0.2) is 54.5 Å². The van der Waals surface area contributed by atoms with Gasteiger partial charge in [0.05, 0.1) is 12.2 Å². The Labute approximate surface area is 221 Å². The smallest absolute Gasteiger partial charge is 0.407 e. The molecule has 4 rings (SSSR count). The molecule has 1 amide bonds. The van der Waals surface area contributed by atoms with E-state index in [4.69, 9.17) is 9.72 Å². The number of fused-ring (bicyclic) bond motifs is 1. The van der Waals surface area contributed by atoms with Gasteiger partial charge in [-0.15, -0.1) is 0 Å². The molecule has 1 aliphatic rings. The molecule has 1 N–H and O–H groups in total. The van der Waals surface area contributed by atoms with Gasteiger partial charge in [-0.25, -0.2) is 9.59 Å². The topological polar surface area (TPSA) is 116 Å². The molecule has 4 heterocycles. The zero-order chi connectivity index (χ0) is 27.6. The van der Waals surface area contributed by atoms with Gasteiger partial charge in [0.1, 0.15) is 5.60 Å². The molecule has 0 bridgehead atoms. The van der Waals surface area contributed by atoms with Crippen LogP contribution in [0.3, 0.4) is 0 Å². The second kappa shape index (κ2) is 10.8. The van der Waals surface area contributed by atoms with Crippen LogP contribution in [-0.2, 0) is 24.9 Å². The van der Waals surface area contributed by atoms with Crippen molar-refractivity contribution in [3.63, 3.8) is 0 Å². The highest BCUT2D eigenvalue weighted by molar-refractivity contribution is 5.75. The van der Waals surface area contributed by atoms with Crippen LogP contribution in [0.4, 0.5) is 10.7 Å². The van der Waals surface area contributed by atoms with Crippen molar-refractivity contribution >= 4 is 23.2 Å². The largest absolute Gasteiger partial charge is 0.444 e. The second-order valence-electron chi connectivity index (χ2n) is 11.0. The molecule has 0 aliphatic carbocycles. The van der Waals surface area contributed by atoms with Gasteiger partial charge in [0, 0.05) is 38.9 Å². The fourth-order valence-corrected chi connectivity index (χ4v) is 4.59. The zero-order valence-corrected chi connectivity index (χ0v) is 23.0. The Kier molecular flexibility index (Phi) is 7.75. The van der Waals surface area contributed by atoms with Gasteiger partial charge in [0.2, 0.25) is 5.95 Å². The normalized spacial score (nSPS) is 15.9. The highest BCUT2D eigenvalue weighted by atomic mass is 16.6. The van der Waals surface area contributed by atoms with Gasteiger partial charge in [-0.05, 0) is 59.6 Å².